The van der Waals surface area contributed by atoms with E-state index in [1.165, 1.54) is 16.7 Å². The van der Waals surface area contributed by atoms with Gasteiger partial charge in [-0.3, -0.25) is 4.57 Å². The van der Waals surface area contributed by atoms with Gasteiger partial charge in [0.25, 0.3) is 0 Å². The average molecular weight is 913 g/mol. The van der Waals surface area contributed by atoms with Crippen molar-refractivity contribution in [2.24, 2.45) is 0 Å². The van der Waals surface area contributed by atoms with Crippen LogP contribution >= 0.6 is 0 Å². The van der Waals surface area contributed by atoms with Gasteiger partial charge in [0.1, 0.15) is 11.6 Å². The van der Waals surface area contributed by atoms with Gasteiger partial charge in [-0.15, -0.1) is 34.8 Å². The summed E-state index contributed by atoms with van der Waals surface area (Å²) < 4.78 is 2.27. The first-order chi connectivity index (χ1) is 27.5. The third-order valence-corrected chi connectivity index (χ3v) is 11.4. The molecule has 6 heteroatoms. The number of hydrogen-bond acceptors (Lipinski definition) is 3. The molecule has 1 aliphatic rings. The van der Waals surface area contributed by atoms with Gasteiger partial charge in [-0.2, -0.15) is 0 Å². The van der Waals surface area contributed by atoms with Gasteiger partial charge in [-0.1, -0.05) is 146 Å². The number of benzene rings is 7. The molecule has 1 aliphatic heterocycles. The van der Waals surface area contributed by atoms with Crippen molar-refractivity contribution in [3.63, 3.8) is 0 Å². The van der Waals surface area contributed by atoms with Crippen LogP contribution in [0.15, 0.2) is 176 Å². The van der Waals surface area contributed by atoms with E-state index in [9.17, 15) is 0 Å². The number of fused-ring (bicyclic) bond motifs is 6. The van der Waals surface area contributed by atoms with Crippen molar-refractivity contribution in [3.8, 4) is 39.3 Å². The van der Waals surface area contributed by atoms with E-state index in [1.807, 2.05) is 18.3 Å². The Morgan fingerprint density at radius 1 is 0.614 bits per heavy atom. The fourth-order valence-corrected chi connectivity index (χ4v) is 8.68. The predicted octanol–water partition coefficient (Wildman–Crippen LogP) is 12.6. The summed E-state index contributed by atoms with van der Waals surface area (Å²) in [6.45, 7) is 4.62. The second kappa shape index (κ2) is 13.6. The Morgan fingerprint density at radius 3 is 2.16 bits per heavy atom. The van der Waals surface area contributed by atoms with E-state index in [1.54, 1.807) is 0 Å². The minimum absolute atomic E-state index is 0. The first-order valence-electron chi connectivity index (χ1n) is 19.0. The molecular weight excluding hydrogens is 878 g/mol. The van der Waals surface area contributed by atoms with E-state index in [0.29, 0.717) is 0 Å². The molecule has 0 amide bonds. The Balaban J connectivity index is 0.00000396. The number of aromatic nitrogens is 4. The molecule has 7 aromatic carbocycles. The largest absolute Gasteiger partial charge is 2.00 e. The van der Waals surface area contributed by atoms with Crippen molar-refractivity contribution in [1.29, 1.82) is 0 Å². The molecule has 0 atom stereocenters. The normalized spacial score (nSPS) is 13.1. The summed E-state index contributed by atoms with van der Waals surface area (Å²) in [5, 5.41) is 2.27. The van der Waals surface area contributed by atoms with Crippen molar-refractivity contribution in [2.75, 3.05) is 4.90 Å². The average Bonchev–Trinajstić information content (AvgIpc) is 3.84. The van der Waals surface area contributed by atoms with Gasteiger partial charge in [0.15, 0.2) is 0 Å². The predicted molar refractivity (Wildman–Crippen MR) is 229 cm³/mol. The van der Waals surface area contributed by atoms with Crippen molar-refractivity contribution >= 4 is 50.0 Å². The van der Waals surface area contributed by atoms with Crippen molar-refractivity contribution < 1.29 is 21.1 Å². The molecule has 0 spiro atoms. The number of nitrogens with zero attached hydrogens (tertiary/aromatic N) is 5. The third-order valence-electron chi connectivity index (χ3n) is 11.4. The molecular formula is C51H35N5Pt. The molecule has 0 fully saturated rings. The molecule has 0 saturated heterocycles. The van der Waals surface area contributed by atoms with Gasteiger partial charge in [0, 0.05) is 23.1 Å². The molecule has 3 aromatic heterocycles. The standard InChI is InChI=1S/C51H35N5.Pt/c1-51(2)41-28-26-34(33-15-5-3-6-16-33)31-45(41)56(47-25-11-12-30-52-47)46-32-35(27-29-42(46)51)37-20-14-24-44-49(37)54-50(55(44)36-17-7-4-8-18-36)40-22-13-21-39-38-19-9-10-23-43(38)53-48(39)40;/h3-31H,1-2H3;/q-2;+2. The number of imidazole rings is 1. The molecule has 0 aliphatic carbocycles. The van der Waals surface area contributed by atoms with Crippen LogP contribution in [0.3, 0.4) is 0 Å². The molecule has 4 heterocycles. The first-order valence-corrected chi connectivity index (χ1v) is 19.0. The van der Waals surface area contributed by atoms with Gasteiger partial charge < -0.3 is 9.88 Å². The van der Waals surface area contributed by atoms with Gasteiger partial charge in [-0.25, -0.2) is 9.97 Å². The van der Waals surface area contributed by atoms with Gasteiger partial charge >= 0.3 is 21.1 Å². The van der Waals surface area contributed by atoms with Crippen LogP contribution < -0.4 is 9.88 Å². The number of rotatable bonds is 5. The van der Waals surface area contributed by atoms with E-state index in [0.717, 1.165) is 83.8 Å². The van der Waals surface area contributed by atoms with Gasteiger partial charge in [-0.05, 0) is 75.0 Å². The topological polar surface area (TPSA) is 48.1 Å². The van der Waals surface area contributed by atoms with Gasteiger partial charge in [0.2, 0.25) is 0 Å². The number of para-hydroxylation sites is 4. The molecule has 0 radical (unpaired) electrons. The summed E-state index contributed by atoms with van der Waals surface area (Å²) in [6, 6.07) is 63.7. The molecule has 57 heavy (non-hydrogen) atoms. The Kier molecular flexibility index (Phi) is 8.32. The number of hydrogen-bond donors (Lipinski definition) is 0. The maximum Gasteiger partial charge on any atom is 2.00 e. The van der Waals surface area contributed by atoms with Crippen LogP contribution in [0.5, 0.6) is 0 Å². The van der Waals surface area contributed by atoms with Crippen LogP contribution in [0.4, 0.5) is 17.2 Å². The van der Waals surface area contributed by atoms with E-state index in [2.05, 4.69) is 187 Å². The minimum atomic E-state index is -0.289. The Morgan fingerprint density at radius 2 is 1.33 bits per heavy atom. The molecule has 0 N–H and O–H groups in total. The third kappa shape index (κ3) is 5.49. The quantitative estimate of drug-likeness (QED) is 0.161. The zero-order valence-electron chi connectivity index (χ0n) is 31.3. The molecule has 274 valence electrons. The van der Waals surface area contributed by atoms with Crippen LogP contribution in [-0.2, 0) is 26.5 Å². The molecule has 0 bridgehead atoms. The van der Waals surface area contributed by atoms with E-state index < -0.39 is 0 Å². The zero-order chi connectivity index (χ0) is 37.4. The Labute approximate surface area is 345 Å². The molecule has 11 rings (SSSR count). The fourth-order valence-electron chi connectivity index (χ4n) is 8.68. The summed E-state index contributed by atoms with van der Waals surface area (Å²) in [6.07, 6.45) is 1.86. The summed E-state index contributed by atoms with van der Waals surface area (Å²) in [7, 11) is 0. The SMILES string of the molecule is CC1(C)c2ccc(-c3cccc4c3nc(-c3cccc5c3[n-]c3ccccc35)n4-c3ccccc3)[c-]c2N(c2ccccn2)c2cc(-c3ccccc3)ccc21.[Pt+2]. The van der Waals surface area contributed by atoms with Crippen LogP contribution in [0.25, 0.3) is 72.2 Å². The monoisotopic (exact) mass is 912 g/mol. The summed E-state index contributed by atoms with van der Waals surface area (Å²) in [5.41, 5.74) is 14.4. The van der Waals surface area contributed by atoms with E-state index in [-0.39, 0.29) is 26.5 Å². The van der Waals surface area contributed by atoms with Gasteiger partial charge in [0.05, 0.1) is 11.0 Å². The van der Waals surface area contributed by atoms with Crippen molar-refractivity contribution in [1.82, 2.24) is 19.5 Å². The second-order valence-corrected chi connectivity index (χ2v) is 15.0. The van der Waals surface area contributed by atoms with E-state index in [4.69, 9.17) is 15.0 Å². The molecule has 0 unspecified atom stereocenters. The number of anilines is 3. The van der Waals surface area contributed by atoms with Crippen molar-refractivity contribution in [2.45, 2.75) is 19.3 Å². The fraction of sp³-hybridized carbons (Fsp3) is 0.0588. The van der Waals surface area contributed by atoms with Crippen LogP contribution in [-0.4, -0.2) is 14.5 Å². The Bertz CT molecular complexity index is 3110. The first kappa shape index (κ1) is 34.9. The van der Waals surface area contributed by atoms with E-state index >= 15 is 0 Å². The Hall–Kier alpha value is -6.55. The number of pyridine rings is 1. The minimum Gasteiger partial charge on any atom is -0.656 e. The second-order valence-electron chi connectivity index (χ2n) is 15.0. The summed E-state index contributed by atoms with van der Waals surface area (Å²) in [5.74, 6) is 1.70. The van der Waals surface area contributed by atoms with Crippen molar-refractivity contribution in [3.05, 3.63) is 193 Å². The molecule has 10 aromatic rings. The summed E-state index contributed by atoms with van der Waals surface area (Å²) >= 11 is 0. The smallest absolute Gasteiger partial charge is 0.656 e. The molecule has 0 saturated carbocycles. The van der Waals surface area contributed by atoms with Crippen LogP contribution in [0, 0.1) is 6.07 Å². The summed E-state index contributed by atoms with van der Waals surface area (Å²) in [4.78, 5) is 17.9. The maximum atomic E-state index is 5.53. The van der Waals surface area contributed by atoms with Crippen LogP contribution in [0.1, 0.15) is 25.0 Å². The maximum absolute atomic E-state index is 5.53. The molecule has 5 nitrogen and oxygen atoms in total. The van der Waals surface area contributed by atoms with Crippen LogP contribution in [0.2, 0.25) is 0 Å². The zero-order valence-corrected chi connectivity index (χ0v) is 33.6.